The van der Waals surface area contributed by atoms with Crippen LogP contribution in [0.4, 0.5) is 0 Å². The average molecular weight is 156 g/mol. The summed E-state index contributed by atoms with van der Waals surface area (Å²) in [4.78, 5) is 10.1. The van der Waals surface area contributed by atoms with Gasteiger partial charge < -0.3 is 9.90 Å². The van der Waals surface area contributed by atoms with E-state index in [4.69, 9.17) is 0 Å². The van der Waals surface area contributed by atoms with Gasteiger partial charge in [-0.1, -0.05) is 30.3 Å². The van der Waals surface area contributed by atoms with E-state index in [2.05, 4.69) is 0 Å². The van der Waals surface area contributed by atoms with Crippen molar-refractivity contribution in [2.45, 2.75) is 12.8 Å². The van der Waals surface area contributed by atoms with Crippen LogP contribution in [0.5, 0.6) is 0 Å². The third-order valence-corrected chi connectivity index (χ3v) is 1.46. The molecule has 0 unspecified atom stereocenters. The van der Waals surface area contributed by atoms with E-state index < -0.39 is 5.97 Å². The Morgan fingerprint density at radius 1 is 1.25 bits per heavy atom. The first-order chi connectivity index (χ1) is 5.29. The molecule has 2 nitrogen and oxygen atoms in total. The number of carbonyl (C=O) groups excluding carboxylic acids is 1. The summed E-state index contributed by atoms with van der Waals surface area (Å²) in [5.41, 5.74) is 1.04. The van der Waals surface area contributed by atoms with Gasteiger partial charge in [-0.05, 0) is 18.4 Å². The van der Waals surface area contributed by atoms with Gasteiger partial charge >= 0.3 is 18.9 Å². The number of benzene rings is 1. The van der Waals surface area contributed by atoms with Crippen LogP contribution in [-0.2, 0) is 11.2 Å². The predicted octanol–water partition coefficient (Wildman–Crippen LogP) is -2.63. The minimum Gasteiger partial charge on any atom is -0.550 e. The van der Waals surface area contributed by atoms with Gasteiger partial charge in [-0.3, -0.25) is 0 Å². The second-order valence-corrected chi connectivity index (χ2v) is 2.36. The molecule has 0 amide bonds. The quantitative estimate of drug-likeness (QED) is 0.449. The van der Waals surface area contributed by atoms with Crippen molar-refractivity contribution in [2.24, 2.45) is 0 Å². The van der Waals surface area contributed by atoms with Gasteiger partial charge in [-0.15, -0.1) is 0 Å². The number of carboxylic acids is 1. The molecule has 0 radical (unpaired) electrons. The number of hydrogen-bond donors (Lipinski definition) is 0. The van der Waals surface area contributed by atoms with E-state index in [0.717, 1.165) is 5.56 Å². The van der Waals surface area contributed by atoms with E-state index in [9.17, 15) is 9.90 Å². The van der Waals surface area contributed by atoms with E-state index in [1.165, 1.54) is 0 Å². The Labute approximate surface area is 83.8 Å². The molecule has 0 N–H and O–H groups in total. The largest absolute Gasteiger partial charge is 1.00 e. The number of aryl methyl sites for hydroxylation is 1. The minimum atomic E-state index is -0.992. The van der Waals surface area contributed by atoms with Gasteiger partial charge in [0.1, 0.15) is 0 Å². The molecule has 3 heteroatoms. The Kier molecular flexibility index (Phi) is 5.53. The predicted molar refractivity (Wildman–Crippen MR) is 39.8 cm³/mol. The molecular formula is C9H9LiO2. The fourth-order valence-electron chi connectivity index (χ4n) is 0.891. The summed E-state index contributed by atoms with van der Waals surface area (Å²) in [7, 11) is 0. The second kappa shape index (κ2) is 5.88. The van der Waals surface area contributed by atoms with Gasteiger partial charge in [-0.25, -0.2) is 0 Å². The van der Waals surface area contributed by atoms with Crippen LogP contribution in [0, 0.1) is 0 Å². The van der Waals surface area contributed by atoms with Crippen molar-refractivity contribution in [3.05, 3.63) is 35.9 Å². The van der Waals surface area contributed by atoms with Crippen LogP contribution in [0.25, 0.3) is 0 Å². The monoisotopic (exact) mass is 156 g/mol. The van der Waals surface area contributed by atoms with Crippen LogP contribution >= 0.6 is 0 Å². The summed E-state index contributed by atoms with van der Waals surface area (Å²) in [6, 6.07) is 9.50. The molecule has 0 saturated carbocycles. The standard InChI is InChI=1S/C9H10O2.Li/c10-9(11)7-6-8-4-2-1-3-5-8;/h1-5H,6-7H2,(H,10,11);/q;+1/p-1. The van der Waals surface area contributed by atoms with Crippen molar-refractivity contribution in [3.63, 3.8) is 0 Å². The van der Waals surface area contributed by atoms with Crippen molar-refractivity contribution >= 4 is 5.97 Å². The van der Waals surface area contributed by atoms with Gasteiger partial charge in [0.15, 0.2) is 0 Å². The van der Waals surface area contributed by atoms with Crippen molar-refractivity contribution in [1.29, 1.82) is 0 Å². The zero-order valence-corrected chi connectivity index (χ0v) is 7.12. The molecule has 1 rings (SSSR count). The summed E-state index contributed by atoms with van der Waals surface area (Å²) in [6.07, 6.45) is 0.660. The molecule has 0 atom stereocenters. The maximum absolute atomic E-state index is 10.1. The molecule has 58 valence electrons. The number of rotatable bonds is 3. The fourth-order valence-corrected chi connectivity index (χ4v) is 0.891. The van der Waals surface area contributed by atoms with Crippen LogP contribution in [0.2, 0.25) is 0 Å². The molecule has 1 aromatic rings. The van der Waals surface area contributed by atoms with Crippen LogP contribution in [-0.4, -0.2) is 5.97 Å². The van der Waals surface area contributed by atoms with Gasteiger partial charge in [0.2, 0.25) is 0 Å². The molecule has 0 aliphatic carbocycles. The van der Waals surface area contributed by atoms with Crippen LogP contribution < -0.4 is 24.0 Å². The zero-order valence-electron chi connectivity index (χ0n) is 7.12. The molecule has 1 aromatic carbocycles. The zero-order chi connectivity index (χ0) is 8.10. The smallest absolute Gasteiger partial charge is 0.550 e. The molecule has 0 aliphatic rings. The number of carbonyl (C=O) groups is 1. The number of hydrogen-bond acceptors (Lipinski definition) is 2. The summed E-state index contributed by atoms with van der Waals surface area (Å²) in [5.74, 6) is -0.992. The van der Waals surface area contributed by atoms with E-state index in [1.54, 1.807) is 0 Å². The van der Waals surface area contributed by atoms with E-state index in [0.29, 0.717) is 6.42 Å². The Balaban J connectivity index is 0.00000121. The SMILES string of the molecule is O=C([O-])CCc1ccccc1.[Li+]. The third kappa shape index (κ3) is 4.22. The Morgan fingerprint density at radius 2 is 1.83 bits per heavy atom. The second-order valence-electron chi connectivity index (χ2n) is 2.36. The average Bonchev–Trinajstić information content (AvgIpc) is 2.03. The Hall–Kier alpha value is -0.713. The van der Waals surface area contributed by atoms with Crippen LogP contribution in [0.1, 0.15) is 12.0 Å². The molecule has 0 spiro atoms. The third-order valence-electron chi connectivity index (χ3n) is 1.46. The normalized spacial score (nSPS) is 8.67. The Bertz CT molecular complexity index is 234. The molecule has 0 saturated heterocycles. The topological polar surface area (TPSA) is 40.1 Å². The maximum Gasteiger partial charge on any atom is 1.00 e. The van der Waals surface area contributed by atoms with Crippen molar-refractivity contribution in [3.8, 4) is 0 Å². The van der Waals surface area contributed by atoms with Gasteiger partial charge in [0.25, 0.3) is 0 Å². The van der Waals surface area contributed by atoms with Crippen LogP contribution in [0.15, 0.2) is 30.3 Å². The fraction of sp³-hybridized carbons (Fsp3) is 0.222. The summed E-state index contributed by atoms with van der Waals surface area (Å²) < 4.78 is 0. The van der Waals surface area contributed by atoms with Crippen molar-refractivity contribution in [1.82, 2.24) is 0 Å². The van der Waals surface area contributed by atoms with Gasteiger partial charge in [0.05, 0.1) is 0 Å². The molecule has 0 bridgehead atoms. The van der Waals surface area contributed by atoms with Gasteiger partial charge in [-0.2, -0.15) is 0 Å². The first-order valence-corrected chi connectivity index (χ1v) is 3.53. The van der Waals surface area contributed by atoms with E-state index >= 15 is 0 Å². The van der Waals surface area contributed by atoms with Gasteiger partial charge in [0, 0.05) is 5.97 Å². The molecule has 0 heterocycles. The van der Waals surface area contributed by atoms with E-state index in [1.807, 2.05) is 30.3 Å². The molecular weight excluding hydrogens is 147 g/mol. The molecule has 0 aromatic heterocycles. The Morgan fingerprint density at radius 3 is 2.33 bits per heavy atom. The van der Waals surface area contributed by atoms with Crippen LogP contribution in [0.3, 0.4) is 0 Å². The van der Waals surface area contributed by atoms with Crippen molar-refractivity contribution < 1.29 is 28.8 Å². The summed E-state index contributed by atoms with van der Waals surface area (Å²) >= 11 is 0. The summed E-state index contributed by atoms with van der Waals surface area (Å²) in [6.45, 7) is 0. The number of carboxylic acid groups (broad SMARTS) is 1. The number of aliphatic carboxylic acids is 1. The minimum absolute atomic E-state index is 0. The van der Waals surface area contributed by atoms with Crippen molar-refractivity contribution in [2.75, 3.05) is 0 Å². The maximum atomic E-state index is 10.1. The molecule has 12 heavy (non-hydrogen) atoms. The summed E-state index contributed by atoms with van der Waals surface area (Å²) in [5, 5.41) is 10.1. The first kappa shape index (κ1) is 11.3. The molecule has 0 aliphatic heterocycles. The molecule has 0 fully saturated rings. The van der Waals surface area contributed by atoms with E-state index in [-0.39, 0.29) is 25.3 Å². The first-order valence-electron chi connectivity index (χ1n) is 3.53.